The first kappa shape index (κ1) is 19.9. The summed E-state index contributed by atoms with van der Waals surface area (Å²) in [7, 11) is 0. The van der Waals surface area contributed by atoms with Gasteiger partial charge in [-0.2, -0.15) is 0 Å². The first-order chi connectivity index (χ1) is 14.3. The molecule has 6 heteroatoms. The number of carbonyl (C=O) groups excluding carboxylic acids is 1. The predicted molar refractivity (Wildman–Crippen MR) is 116 cm³/mol. The normalized spacial score (nSPS) is 20.4. The molecular formula is C23H31N5O. The van der Waals surface area contributed by atoms with E-state index in [1.807, 2.05) is 18.2 Å². The van der Waals surface area contributed by atoms with Crippen LogP contribution in [0.2, 0.25) is 0 Å². The van der Waals surface area contributed by atoms with E-state index in [2.05, 4.69) is 49.7 Å². The van der Waals surface area contributed by atoms with Gasteiger partial charge in [-0.1, -0.05) is 36.8 Å². The lowest BCUT2D eigenvalue weighted by Gasteiger charge is -2.34. The molecule has 3 heterocycles. The molecule has 1 atom stereocenters. The first-order valence-corrected chi connectivity index (χ1v) is 10.8. The summed E-state index contributed by atoms with van der Waals surface area (Å²) in [5.41, 5.74) is 1.92. The molecular weight excluding hydrogens is 362 g/mol. The van der Waals surface area contributed by atoms with Gasteiger partial charge in [0.05, 0.1) is 5.56 Å². The third-order valence-electron chi connectivity index (χ3n) is 5.87. The summed E-state index contributed by atoms with van der Waals surface area (Å²) in [6, 6.07) is 14.7. The maximum atomic E-state index is 12.4. The summed E-state index contributed by atoms with van der Waals surface area (Å²) in [6.45, 7) is 6.63. The van der Waals surface area contributed by atoms with Crippen LogP contribution < -0.4 is 15.5 Å². The fourth-order valence-corrected chi connectivity index (χ4v) is 4.19. The molecule has 1 aromatic carbocycles. The molecule has 0 spiro atoms. The van der Waals surface area contributed by atoms with Crippen molar-refractivity contribution in [2.24, 2.45) is 0 Å². The molecule has 29 heavy (non-hydrogen) atoms. The molecule has 1 aromatic heterocycles. The van der Waals surface area contributed by atoms with Crippen LogP contribution in [0.3, 0.4) is 0 Å². The minimum Gasteiger partial charge on any atom is -0.353 e. The lowest BCUT2D eigenvalue weighted by atomic mass is 10.0. The number of nitrogens with zero attached hydrogens (tertiary/aromatic N) is 3. The van der Waals surface area contributed by atoms with Crippen molar-refractivity contribution in [3.8, 4) is 0 Å². The lowest BCUT2D eigenvalue weighted by Crippen LogP contribution is -2.46. The largest absolute Gasteiger partial charge is 0.353 e. The van der Waals surface area contributed by atoms with Crippen molar-refractivity contribution in [2.45, 2.75) is 25.3 Å². The molecule has 4 rings (SSSR count). The smallest absolute Gasteiger partial charge is 0.252 e. The number of likely N-dealkylation sites (tertiary alicyclic amines) is 1. The zero-order chi connectivity index (χ0) is 19.9. The minimum atomic E-state index is -0.0384. The van der Waals surface area contributed by atoms with Crippen LogP contribution in [-0.4, -0.2) is 61.6 Å². The van der Waals surface area contributed by atoms with Crippen molar-refractivity contribution in [3.63, 3.8) is 0 Å². The molecule has 0 radical (unpaired) electrons. The second-order valence-corrected chi connectivity index (χ2v) is 7.93. The molecule has 0 bridgehead atoms. The molecule has 2 aliphatic heterocycles. The zero-order valence-corrected chi connectivity index (χ0v) is 17.0. The standard InChI is InChI=1S/C23H31N5O/c29-23(25-11-15-27-13-5-2-6-14-27)20-9-10-22(26-17-20)28-16-12-24-21(18-28)19-7-3-1-4-8-19/h1,3-4,7-10,17,21,24H,2,5-6,11-16,18H2,(H,25,29)/t21-/m1/s1. The topological polar surface area (TPSA) is 60.5 Å². The van der Waals surface area contributed by atoms with Crippen molar-refractivity contribution in [3.05, 3.63) is 59.8 Å². The van der Waals surface area contributed by atoms with E-state index < -0.39 is 0 Å². The van der Waals surface area contributed by atoms with Gasteiger partial charge in [-0.15, -0.1) is 0 Å². The summed E-state index contributed by atoms with van der Waals surface area (Å²) < 4.78 is 0. The predicted octanol–water partition coefficient (Wildman–Crippen LogP) is 2.45. The molecule has 2 aliphatic rings. The van der Waals surface area contributed by atoms with Gasteiger partial charge in [0.25, 0.3) is 5.91 Å². The Bertz CT molecular complexity index is 774. The number of aromatic nitrogens is 1. The van der Waals surface area contributed by atoms with Crippen LogP contribution in [0, 0.1) is 0 Å². The van der Waals surface area contributed by atoms with Crippen LogP contribution in [0.5, 0.6) is 0 Å². The maximum Gasteiger partial charge on any atom is 0.252 e. The van der Waals surface area contributed by atoms with Gasteiger partial charge in [0.2, 0.25) is 0 Å². The molecule has 2 saturated heterocycles. The van der Waals surface area contributed by atoms with Crippen LogP contribution in [-0.2, 0) is 0 Å². The summed E-state index contributed by atoms with van der Waals surface area (Å²) in [5.74, 6) is 0.890. The van der Waals surface area contributed by atoms with Gasteiger partial charge in [0, 0.05) is 45.0 Å². The Kier molecular flexibility index (Phi) is 6.75. The molecule has 1 amide bonds. The number of pyridine rings is 1. The van der Waals surface area contributed by atoms with E-state index in [1.54, 1.807) is 6.20 Å². The van der Waals surface area contributed by atoms with Gasteiger partial charge in [-0.3, -0.25) is 4.79 Å². The Balaban J connectivity index is 1.29. The van der Waals surface area contributed by atoms with Crippen molar-refractivity contribution < 1.29 is 4.79 Å². The lowest BCUT2D eigenvalue weighted by molar-refractivity contribution is 0.0946. The quantitative estimate of drug-likeness (QED) is 0.789. The average molecular weight is 394 g/mol. The Morgan fingerprint density at radius 2 is 1.90 bits per heavy atom. The van der Waals surface area contributed by atoms with Crippen LogP contribution in [0.15, 0.2) is 48.7 Å². The minimum absolute atomic E-state index is 0.0384. The van der Waals surface area contributed by atoms with E-state index >= 15 is 0 Å². The summed E-state index contributed by atoms with van der Waals surface area (Å²) in [6.07, 6.45) is 5.58. The van der Waals surface area contributed by atoms with Gasteiger partial charge < -0.3 is 20.4 Å². The van der Waals surface area contributed by atoms with E-state index in [9.17, 15) is 4.79 Å². The highest BCUT2D eigenvalue weighted by atomic mass is 16.1. The van der Waals surface area contributed by atoms with E-state index in [0.717, 1.165) is 45.1 Å². The Morgan fingerprint density at radius 3 is 2.66 bits per heavy atom. The van der Waals surface area contributed by atoms with Gasteiger partial charge in [-0.25, -0.2) is 4.98 Å². The van der Waals surface area contributed by atoms with Crippen LogP contribution >= 0.6 is 0 Å². The Morgan fingerprint density at radius 1 is 1.07 bits per heavy atom. The average Bonchev–Trinajstić information content (AvgIpc) is 2.80. The van der Waals surface area contributed by atoms with Gasteiger partial charge in [-0.05, 0) is 43.6 Å². The van der Waals surface area contributed by atoms with Crippen LogP contribution in [0.1, 0.15) is 41.2 Å². The second-order valence-electron chi connectivity index (χ2n) is 7.93. The third kappa shape index (κ3) is 5.34. The number of anilines is 1. The molecule has 2 aromatic rings. The molecule has 0 saturated carbocycles. The number of piperidine rings is 1. The molecule has 6 nitrogen and oxygen atoms in total. The zero-order valence-electron chi connectivity index (χ0n) is 17.0. The second kappa shape index (κ2) is 9.85. The number of nitrogens with one attached hydrogen (secondary N) is 2. The van der Waals surface area contributed by atoms with Crippen molar-refractivity contribution in [1.82, 2.24) is 20.5 Å². The molecule has 0 unspecified atom stereocenters. The van der Waals surface area contributed by atoms with Crippen molar-refractivity contribution in [1.29, 1.82) is 0 Å². The van der Waals surface area contributed by atoms with Gasteiger partial charge in [0.15, 0.2) is 0 Å². The first-order valence-electron chi connectivity index (χ1n) is 10.8. The molecule has 2 N–H and O–H groups in total. The highest BCUT2D eigenvalue weighted by molar-refractivity contribution is 5.94. The SMILES string of the molecule is O=C(NCCN1CCCCC1)c1ccc(N2CCN[C@@H](c3ccccc3)C2)nc1. The number of amides is 1. The summed E-state index contributed by atoms with van der Waals surface area (Å²) in [5, 5.41) is 6.61. The number of carbonyl (C=O) groups is 1. The number of rotatable bonds is 6. The van der Waals surface area contributed by atoms with Gasteiger partial charge in [0.1, 0.15) is 5.82 Å². The van der Waals surface area contributed by atoms with E-state index in [4.69, 9.17) is 0 Å². The number of hydrogen-bond acceptors (Lipinski definition) is 5. The molecule has 2 fully saturated rings. The van der Waals surface area contributed by atoms with Crippen LogP contribution in [0.4, 0.5) is 5.82 Å². The monoisotopic (exact) mass is 393 g/mol. The summed E-state index contributed by atoms with van der Waals surface area (Å²) in [4.78, 5) is 21.7. The number of benzene rings is 1. The Labute approximate surface area is 173 Å². The summed E-state index contributed by atoms with van der Waals surface area (Å²) >= 11 is 0. The Hall–Kier alpha value is -2.44. The fraction of sp³-hybridized carbons (Fsp3) is 0.478. The van der Waals surface area contributed by atoms with Crippen LogP contribution in [0.25, 0.3) is 0 Å². The molecule has 0 aliphatic carbocycles. The highest BCUT2D eigenvalue weighted by Gasteiger charge is 2.21. The highest BCUT2D eigenvalue weighted by Crippen LogP contribution is 2.21. The van der Waals surface area contributed by atoms with Crippen molar-refractivity contribution >= 4 is 11.7 Å². The van der Waals surface area contributed by atoms with E-state index in [-0.39, 0.29) is 5.91 Å². The van der Waals surface area contributed by atoms with E-state index in [0.29, 0.717) is 18.2 Å². The number of hydrogen-bond donors (Lipinski definition) is 2. The third-order valence-corrected chi connectivity index (χ3v) is 5.87. The molecule has 154 valence electrons. The van der Waals surface area contributed by atoms with Gasteiger partial charge >= 0.3 is 0 Å². The van der Waals surface area contributed by atoms with E-state index in [1.165, 1.54) is 24.8 Å². The maximum absolute atomic E-state index is 12.4. The fourth-order valence-electron chi connectivity index (χ4n) is 4.19. The van der Waals surface area contributed by atoms with Crippen molar-refractivity contribution in [2.75, 3.05) is 50.7 Å². The number of piperazine rings is 1.